The van der Waals surface area contributed by atoms with E-state index in [1.807, 2.05) is 0 Å². The van der Waals surface area contributed by atoms with Gasteiger partial charge >= 0.3 is 6.03 Å². The number of urea groups is 1. The van der Waals surface area contributed by atoms with Gasteiger partial charge < -0.3 is 20.3 Å². The molecule has 0 saturated carbocycles. The zero-order valence-corrected chi connectivity index (χ0v) is 9.42. The van der Waals surface area contributed by atoms with E-state index in [1.54, 1.807) is 6.92 Å². The van der Waals surface area contributed by atoms with Crippen molar-refractivity contribution in [3.8, 4) is 0 Å². The van der Waals surface area contributed by atoms with Crippen molar-refractivity contribution in [3.63, 3.8) is 0 Å². The van der Waals surface area contributed by atoms with Crippen LogP contribution in [0.15, 0.2) is 0 Å². The van der Waals surface area contributed by atoms with Crippen molar-refractivity contribution in [1.29, 1.82) is 0 Å². The van der Waals surface area contributed by atoms with Crippen LogP contribution in [0.1, 0.15) is 13.3 Å². The highest BCUT2D eigenvalue weighted by Crippen LogP contribution is 2.28. The molecule has 0 aromatic heterocycles. The SMILES string of the molecule is CC1NC(=O)NC(=O)C1[C@H]1C[C@H](O)[C@@H](CO)O1. The molecule has 2 aliphatic heterocycles. The maximum absolute atomic E-state index is 11.7. The van der Waals surface area contributed by atoms with Crippen molar-refractivity contribution in [2.45, 2.75) is 37.7 Å². The quantitative estimate of drug-likeness (QED) is 0.465. The zero-order valence-electron chi connectivity index (χ0n) is 9.42. The molecule has 7 nitrogen and oxygen atoms in total. The maximum Gasteiger partial charge on any atom is 0.321 e. The Balaban J connectivity index is 2.07. The number of aliphatic hydroxyl groups is 2. The fourth-order valence-corrected chi connectivity index (χ4v) is 2.40. The predicted octanol–water partition coefficient (Wildman–Crippen LogP) is -1.66. The number of ether oxygens (including phenoxy) is 1. The van der Waals surface area contributed by atoms with E-state index >= 15 is 0 Å². The number of carbonyl (C=O) groups is 2. The number of carbonyl (C=O) groups excluding carboxylic acids is 2. The van der Waals surface area contributed by atoms with Crippen LogP contribution in [0.4, 0.5) is 4.79 Å². The van der Waals surface area contributed by atoms with E-state index in [9.17, 15) is 14.7 Å². The molecule has 0 aliphatic carbocycles. The first-order valence-corrected chi connectivity index (χ1v) is 5.58. The van der Waals surface area contributed by atoms with E-state index in [1.165, 1.54) is 0 Å². The Morgan fingerprint density at radius 1 is 1.47 bits per heavy atom. The highest BCUT2D eigenvalue weighted by atomic mass is 16.5. The summed E-state index contributed by atoms with van der Waals surface area (Å²) in [6.07, 6.45) is -1.64. The van der Waals surface area contributed by atoms with E-state index in [-0.39, 0.29) is 19.1 Å². The summed E-state index contributed by atoms with van der Waals surface area (Å²) < 4.78 is 5.43. The van der Waals surface area contributed by atoms with Crippen molar-refractivity contribution in [2.75, 3.05) is 6.61 Å². The molecule has 0 bridgehead atoms. The first kappa shape index (κ1) is 12.3. The fourth-order valence-electron chi connectivity index (χ4n) is 2.40. The lowest BCUT2D eigenvalue weighted by Crippen LogP contribution is -2.60. The molecule has 17 heavy (non-hydrogen) atoms. The van der Waals surface area contributed by atoms with Gasteiger partial charge in [0.1, 0.15) is 6.10 Å². The Kier molecular flexibility index (Phi) is 3.32. The van der Waals surface area contributed by atoms with Crippen molar-refractivity contribution in [1.82, 2.24) is 10.6 Å². The van der Waals surface area contributed by atoms with E-state index < -0.39 is 36.2 Å². The van der Waals surface area contributed by atoms with Gasteiger partial charge in [-0.05, 0) is 6.92 Å². The number of hydrogen-bond acceptors (Lipinski definition) is 5. The lowest BCUT2D eigenvalue weighted by atomic mass is 9.90. The van der Waals surface area contributed by atoms with Crippen LogP contribution in [0, 0.1) is 5.92 Å². The van der Waals surface area contributed by atoms with Gasteiger partial charge in [-0.25, -0.2) is 4.79 Å². The van der Waals surface area contributed by atoms with Gasteiger partial charge in [0.15, 0.2) is 0 Å². The summed E-state index contributed by atoms with van der Waals surface area (Å²) >= 11 is 0. The second-order valence-corrected chi connectivity index (χ2v) is 4.48. The smallest absolute Gasteiger partial charge is 0.321 e. The summed E-state index contributed by atoms with van der Waals surface area (Å²) in [6.45, 7) is 1.43. The Hall–Kier alpha value is -1.18. The molecule has 2 rings (SSSR count). The van der Waals surface area contributed by atoms with Gasteiger partial charge in [-0.2, -0.15) is 0 Å². The van der Waals surface area contributed by atoms with Crippen molar-refractivity contribution < 1.29 is 24.5 Å². The molecule has 4 N–H and O–H groups in total. The van der Waals surface area contributed by atoms with Crippen LogP contribution in [0.2, 0.25) is 0 Å². The van der Waals surface area contributed by atoms with Gasteiger partial charge in [0.25, 0.3) is 0 Å². The average Bonchev–Trinajstić information content (AvgIpc) is 2.57. The Morgan fingerprint density at radius 2 is 2.18 bits per heavy atom. The van der Waals surface area contributed by atoms with E-state index in [4.69, 9.17) is 9.84 Å². The molecule has 0 radical (unpaired) electrons. The molecule has 7 heteroatoms. The number of nitrogens with one attached hydrogen (secondary N) is 2. The molecule has 2 heterocycles. The molecule has 0 aromatic carbocycles. The van der Waals surface area contributed by atoms with Crippen molar-refractivity contribution in [3.05, 3.63) is 0 Å². The Morgan fingerprint density at radius 3 is 2.71 bits per heavy atom. The lowest BCUT2D eigenvalue weighted by Gasteiger charge is -2.32. The first-order valence-electron chi connectivity index (χ1n) is 5.58. The summed E-state index contributed by atoms with van der Waals surface area (Å²) in [4.78, 5) is 22.8. The third-order valence-electron chi connectivity index (χ3n) is 3.27. The van der Waals surface area contributed by atoms with E-state index in [2.05, 4.69) is 10.6 Å². The van der Waals surface area contributed by atoms with Crippen LogP contribution in [-0.2, 0) is 9.53 Å². The molecular weight excluding hydrogens is 228 g/mol. The first-order chi connectivity index (χ1) is 8.02. The molecule has 3 amide bonds. The van der Waals surface area contributed by atoms with Crippen LogP contribution in [-0.4, -0.2) is 53.1 Å². The molecule has 0 aromatic rings. The third kappa shape index (κ3) is 2.26. The standard InChI is InChI=1S/C10H16N2O5/c1-4-8(9(15)12-10(16)11-4)6-2-5(14)7(3-13)17-6/h4-8,13-14H,2-3H2,1H3,(H2,11,12,15,16)/t4?,5-,6+,7+,8?/m0/s1. The van der Waals surface area contributed by atoms with Crippen LogP contribution in [0.25, 0.3) is 0 Å². The van der Waals surface area contributed by atoms with Crippen LogP contribution in [0.5, 0.6) is 0 Å². The second kappa shape index (κ2) is 4.59. The molecule has 0 spiro atoms. The van der Waals surface area contributed by atoms with E-state index in [0.29, 0.717) is 0 Å². The third-order valence-corrected chi connectivity index (χ3v) is 3.27. The largest absolute Gasteiger partial charge is 0.394 e. The highest BCUT2D eigenvalue weighted by Gasteiger charge is 2.45. The number of amides is 3. The molecular formula is C10H16N2O5. The molecule has 2 saturated heterocycles. The van der Waals surface area contributed by atoms with Gasteiger partial charge in [0.05, 0.1) is 24.7 Å². The second-order valence-electron chi connectivity index (χ2n) is 4.48. The minimum absolute atomic E-state index is 0.281. The van der Waals surface area contributed by atoms with Gasteiger partial charge in [-0.1, -0.05) is 0 Å². The Labute approximate surface area is 98.1 Å². The summed E-state index contributed by atoms with van der Waals surface area (Å²) in [6, 6.07) is -0.873. The van der Waals surface area contributed by atoms with Crippen LogP contribution in [0.3, 0.4) is 0 Å². The fraction of sp³-hybridized carbons (Fsp3) is 0.800. The zero-order chi connectivity index (χ0) is 12.6. The number of hydrogen-bond donors (Lipinski definition) is 4. The van der Waals surface area contributed by atoms with Crippen LogP contribution >= 0.6 is 0 Å². The molecule has 96 valence electrons. The minimum atomic E-state index is -0.775. The molecule has 2 unspecified atom stereocenters. The minimum Gasteiger partial charge on any atom is -0.394 e. The van der Waals surface area contributed by atoms with E-state index in [0.717, 1.165) is 0 Å². The predicted molar refractivity (Wildman–Crippen MR) is 56.0 cm³/mol. The lowest BCUT2D eigenvalue weighted by molar-refractivity contribution is -0.132. The normalized spacial score (nSPS) is 42.2. The number of aliphatic hydroxyl groups excluding tert-OH is 2. The topological polar surface area (TPSA) is 108 Å². The van der Waals surface area contributed by atoms with Gasteiger partial charge in [-0.15, -0.1) is 0 Å². The Bertz CT molecular complexity index is 335. The van der Waals surface area contributed by atoms with Crippen molar-refractivity contribution >= 4 is 11.9 Å². The monoisotopic (exact) mass is 244 g/mol. The summed E-state index contributed by atoms with van der Waals surface area (Å²) in [5.74, 6) is -0.948. The summed E-state index contributed by atoms with van der Waals surface area (Å²) in [5, 5.41) is 23.3. The van der Waals surface area contributed by atoms with Gasteiger partial charge in [-0.3, -0.25) is 10.1 Å². The summed E-state index contributed by atoms with van der Waals surface area (Å²) in [5.41, 5.74) is 0. The highest BCUT2D eigenvalue weighted by molar-refractivity contribution is 5.98. The molecule has 5 atom stereocenters. The molecule has 2 fully saturated rings. The van der Waals surface area contributed by atoms with Gasteiger partial charge in [0.2, 0.25) is 5.91 Å². The van der Waals surface area contributed by atoms with Crippen LogP contribution < -0.4 is 10.6 Å². The van der Waals surface area contributed by atoms with Crippen molar-refractivity contribution in [2.24, 2.45) is 5.92 Å². The maximum atomic E-state index is 11.7. The number of rotatable bonds is 2. The molecule has 2 aliphatic rings. The average molecular weight is 244 g/mol. The van der Waals surface area contributed by atoms with Gasteiger partial charge in [0, 0.05) is 12.5 Å². The number of imide groups is 1. The summed E-state index contributed by atoms with van der Waals surface area (Å²) in [7, 11) is 0.